The van der Waals surface area contributed by atoms with Crippen molar-refractivity contribution in [3.05, 3.63) is 41.7 Å². The monoisotopic (exact) mass is 426 g/mol. The molecule has 3 N–H and O–H groups in total. The topological polar surface area (TPSA) is 79.3 Å². The van der Waals surface area contributed by atoms with Crippen LogP contribution in [0.2, 0.25) is 0 Å². The molecule has 2 aromatic rings. The number of halogens is 2. The van der Waals surface area contributed by atoms with Crippen LogP contribution in [0.4, 0.5) is 11.6 Å². The van der Waals surface area contributed by atoms with E-state index in [0.29, 0.717) is 17.8 Å². The molecule has 1 aromatic carbocycles. The number of fused-ring (bicyclic) bond motifs is 1. The first-order valence-electron chi connectivity index (χ1n) is 9.31. The largest absolute Gasteiger partial charge is 0.488 e. The second-order valence-corrected chi connectivity index (χ2v) is 7.50. The van der Waals surface area contributed by atoms with Gasteiger partial charge in [0.05, 0.1) is 6.10 Å². The smallest absolute Gasteiger partial charge is 0.227 e. The highest BCUT2D eigenvalue weighted by Gasteiger charge is 2.39. The van der Waals surface area contributed by atoms with E-state index in [2.05, 4.69) is 20.6 Å². The average Bonchev–Trinajstić information content (AvgIpc) is 3.01. The summed E-state index contributed by atoms with van der Waals surface area (Å²) in [5, 5.41) is 17.1. The number of aliphatic hydroxyl groups excluding tert-OH is 1. The molecule has 0 radical (unpaired) electrons. The first-order valence-corrected chi connectivity index (χ1v) is 9.31. The molecule has 0 spiro atoms. The Kier molecular flexibility index (Phi) is 7.89. The third-order valence-corrected chi connectivity index (χ3v) is 5.35. The van der Waals surface area contributed by atoms with E-state index in [9.17, 15) is 5.11 Å². The molecule has 0 unspecified atom stereocenters. The lowest BCUT2D eigenvalue weighted by atomic mass is 9.78. The van der Waals surface area contributed by atoms with Crippen LogP contribution < -0.4 is 15.4 Å². The van der Waals surface area contributed by atoms with Crippen LogP contribution in [-0.4, -0.2) is 40.4 Å². The van der Waals surface area contributed by atoms with E-state index in [-0.39, 0.29) is 30.9 Å². The van der Waals surface area contributed by atoms with Gasteiger partial charge in [-0.1, -0.05) is 6.07 Å². The number of ether oxygens (including phenoxy) is 1. The zero-order valence-electron chi connectivity index (χ0n) is 16.1. The lowest BCUT2D eigenvalue weighted by Gasteiger charge is -2.35. The zero-order valence-corrected chi connectivity index (χ0v) is 17.7. The molecule has 8 heteroatoms. The molecule has 1 aliphatic carbocycles. The van der Waals surface area contributed by atoms with E-state index < -0.39 is 6.10 Å². The summed E-state index contributed by atoms with van der Waals surface area (Å²) >= 11 is 0. The molecule has 1 saturated carbocycles. The number of aromatic nitrogens is 2. The van der Waals surface area contributed by atoms with E-state index in [1.807, 2.05) is 44.2 Å². The predicted molar refractivity (Wildman–Crippen MR) is 115 cm³/mol. The van der Waals surface area contributed by atoms with Crippen LogP contribution in [0.5, 0.6) is 5.75 Å². The van der Waals surface area contributed by atoms with Gasteiger partial charge < -0.3 is 20.5 Å². The van der Waals surface area contributed by atoms with Gasteiger partial charge in [0, 0.05) is 23.1 Å². The summed E-state index contributed by atoms with van der Waals surface area (Å²) in [5.41, 5.74) is 2.73. The van der Waals surface area contributed by atoms with E-state index >= 15 is 0 Å². The summed E-state index contributed by atoms with van der Waals surface area (Å²) < 4.78 is 6.14. The molecule has 1 saturated heterocycles. The third-order valence-electron chi connectivity index (χ3n) is 5.35. The first kappa shape index (κ1) is 22.7. The standard InChI is InChI=1S/C20H26N4O2.2ClH/c1-12-6-13(2)23-20(22-12)24-16-4-3-5-17(9-16)26-19-8-15-11-21-10-14(15)7-18(19)25;;/h3-6,9,14-15,18-19,21,25H,7-8,10-11H2,1-2H3,(H,22,23,24);2*1H/t14-,15+,18+,19+;;/m0../s1. The molecular weight excluding hydrogens is 399 g/mol. The van der Waals surface area contributed by atoms with Gasteiger partial charge in [-0.2, -0.15) is 0 Å². The zero-order chi connectivity index (χ0) is 18.1. The van der Waals surface area contributed by atoms with Gasteiger partial charge in [0.1, 0.15) is 11.9 Å². The Labute approximate surface area is 178 Å². The van der Waals surface area contributed by atoms with Gasteiger partial charge in [0.2, 0.25) is 5.95 Å². The highest BCUT2D eigenvalue weighted by atomic mass is 35.5. The van der Waals surface area contributed by atoms with Crippen molar-refractivity contribution in [1.29, 1.82) is 0 Å². The summed E-state index contributed by atoms with van der Waals surface area (Å²) in [6, 6.07) is 9.71. The maximum absolute atomic E-state index is 10.5. The fourth-order valence-electron chi connectivity index (χ4n) is 4.12. The van der Waals surface area contributed by atoms with E-state index in [1.54, 1.807) is 0 Å². The van der Waals surface area contributed by atoms with Crippen molar-refractivity contribution in [2.75, 3.05) is 18.4 Å². The molecule has 2 fully saturated rings. The Morgan fingerprint density at radius 1 is 1.04 bits per heavy atom. The summed E-state index contributed by atoms with van der Waals surface area (Å²) in [6.07, 6.45) is 1.16. The molecule has 0 bridgehead atoms. The summed E-state index contributed by atoms with van der Waals surface area (Å²) in [5.74, 6) is 2.53. The summed E-state index contributed by atoms with van der Waals surface area (Å²) in [6.45, 7) is 5.96. The maximum atomic E-state index is 10.5. The number of nitrogens with zero attached hydrogens (tertiary/aromatic N) is 2. The Morgan fingerprint density at radius 2 is 1.71 bits per heavy atom. The van der Waals surface area contributed by atoms with Crippen LogP contribution in [0.25, 0.3) is 0 Å². The van der Waals surface area contributed by atoms with Gasteiger partial charge >= 0.3 is 0 Å². The Hall–Kier alpha value is -1.60. The van der Waals surface area contributed by atoms with E-state index in [0.717, 1.165) is 48.8 Å². The fraction of sp³-hybridized carbons (Fsp3) is 0.500. The van der Waals surface area contributed by atoms with Crippen LogP contribution >= 0.6 is 24.8 Å². The molecule has 0 amide bonds. The van der Waals surface area contributed by atoms with Gasteiger partial charge in [-0.3, -0.25) is 0 Å². The lowest BCUT2D eigenvalue weighted by Crippen LogP contribution is -2.42. The molecule has 2 aliphatic rings. The number of benzene rings is 1. The van der Waals surface area contributed by atoms with Crippen molar-refractivity contribution in [1.82, 2.24) is 15.3 Å². The lowest BCUT2D eigenvalue weighted by molar-refractivity contribution is -0.0231. The summed E-state index contributed by atoms with van der Waals surface area (Å²) in [4.78, 5) is 8.83. The first-order chi connectivity index (χ1) is 12.6. The molecule has 4 atom stereocenters. The minimum atomic E-state index is -0.407. The van der Waals surface area contributed by atoms with Crippen LogP contribution in [-0.2, 0) is 0 Å². The van der Waals surface area contributed by atoms with Crippen LogP contribution in [0, 0.1) is 25.7 Å². The molecule has 28 heavy (non-hydrogen) atoms. The van der Waals surface area contributed by atoms with Gasteiger partial charge in [-0.25, -0.2) is 9.97 Å². The average molecular weight is 427 g/mol. The minimum absolute atomic E-state index is 0. The number of aliphatic hydroxyl groups is 1. The van der Waals surface area contributed by atoms with Crippen molar-refractivity contribution in [2.24, 2.45) is 11.8 Å². The Bertz CT molecular complexity index is 772. The molecule has 1 aromatic heterocycles. The van der Waals surface area contributed by atoms with Gasteiger partial charge in [0.15, 0.2) is 0 Å². The number of hydrogen-bond donors (Lipinski definition) is 3. The maximum Gasteiger partial charge on any atom is 0.227 e. The third kappa shape index (κ3) is 5.26. The predicted octanol–water partition coefficient (Wildman–Crippen LogP) is 3.42. The van der Waals surface area contributed by atoms with Crippen molar-refractivity contribution in [2.45, 2.75) is 38.9 Å². The van der Waals surface area contributed by atoms with Crippen molar-refractivity contribution >= 4 is 36.4 Å². The number of hydrogen-bond acceptors (Lipinski definition) is 6. The van der Waals surface area contributed by atoms with Crippen molar-refractivity contribution < 1.29 is 9.84 Å². The SMILES string of the molecule is Cc1cc(C)nc(Nc2cccc(O[C@@H]3C[C@@H]4CNC[C@@H]4C[C@H]3O)c2)n1.Cl.Cl. The second kappa shape index (κ2) is 9.74. The minimum Gasteiger partial charge on any atom is -0.488 e. The van der Waals surface area contributed by atoms with E-state index in [1.165, 1.54) is 0 Å². The molecular formula is C20H28Cl2N4O2. The highest BCUT2D eigenvalue weighted by Crippen LogP contribution is 2.35. The second-order valence-electron chi connectivity index (χ2n) is 7.50. The Balaban J connectivity index is 0.00000140. The van der Waals surface area contributed by atoms with Crippen LogP contribution in [0.3, 0.4) is 0 Å². The Morgan fingerprint density at radius 3 is 2.43 bits per heavy atom. The van der Waals surface area contributed by atoms with Crippen molar-refractivity contribution in [3.8, 4) is 5.75 Å². The van der Waals surface area contributed by atoms with Gasteiger partial charge in [-0.15, -0.1) is 24.8 Å². The van der Waals surface area contributed by atoms with E-state index in [4.69, 9.17) is 4.74 Å². The highest BCUT2D eigenvalue weighted by molar-refractivity contribution is 5.85. The van der Waals surface area contributed by atoms with Crippen LogP contribution in [0.15, 0.2) is 30.3 Å². The van der Waals surface area contributed by atoms with Crippen molar-refractivity contribution in [3.63, 3.8) is 0 Å². The molecule has 154 valence electrons. The fourth-order valence-corrected chi connectivity index (χ4v) is 4.12. The number of nitrogens with one attached hydrogen (secondary N) is 2. The van der Waals surface area contributed by atoms with Gasteiger partial charge in [0.25, 0.3) is 0 Å². The molecule has 4 rings (SSSR count). The number of anilines is 2. The number of aryl methyl sites for hydroxylation is 2. The number of rotatable bonds is 4. The van der Waals surface area contributed by atoms with Crippen LogP contribution in [0.1, 0.15) is 24.2 Å². The molecule has 6 nitrogen and oxygen atoms in total. The normalized spacial score (nSPS) is 25.8. The van der Waals surface area contributed by atoms with Gasteiger partial charge in [-0.05, 0) is 69.8 Å². The quantitative estimate of drug-likeness (QED) is 0.694. The molecule has 1 aliphatic heterocycles. The summed E-state index contributed by atoms with van der Waals surface area (Å²) in [7, 11) is 0. The molecule has 2 heterocycles.